The van der Waals surface area contributed by atoms with Crippen molar-refractivity contribution in [1.29, 1.82) is 0 Å². The van der Waals surface area contributed by atoms with Crippen molar-refractivity contribution in [1.82, 2.24) is 4.90 Å². The molecule has 0 radical (unpaired) electrons. The summed E-state index contributed by atoms with van der Waals surface area (Å²) in [4.78, 5) is 14.1. The van der Waals surface area contributed by atoms with Gasteiger partial charge >= 0.3 is 0 Å². The maximum absolute atomic E-state index is 13.1. The fraction of sp³-hybridized carbons (Fsp3) is 0.581. The minimum Gasteiger partial charge on any atom is -0.379 e. The topological polar surface area (TPSA) is 82.1 Å². The lowest BCUT2D eigenvalue weighted by Gasteiger charge is -2.33. The summed E-state index contributed by atoms with van der Waals surface area (Å²) in [5.41, 5.74) is 3.00. The van der Waals surface area contributed by atoms with E-state index >= 15 is 0 Å². The molecule has 0 aliphatic carbocycles. The summed E-state index contributed by atoms with van der Waals surface area (Å²) < 4.78 is 42.7. The van der Waals surface area contributed by atoms with Crippen molar-refractivity contribution in [3.8, 4) is 0 Å². The zero-order valence-electron chi connectivity index (χ0n) is 24.2. The highest BCUT2D eigenvalue weighted by atomic mass is 35.5. The van der Waals surface area contributed by atoms with E-state index in [0.29, 0.717) is 79.6 Å². The van der Waals surface area contributed by atoms with E-state index in [-0.39, 0.29) is 11.7 Å². The summed E-state index contributed by atoms with van der Waals surface area (Å²) in [7, 11) is -1.44. The minimum absolute atomic E-state index is 0.00487. The van der Waals surface area contributed by atoms with Crippen LogP contribution in [-0.4, -0.2) is 78.1 Å². The molecule has 41 heavy (non-hydrogen) atoms. The Balaban J connectivity index is 1.35. The molecule has 0 bridgehead atoms. The Labute approximate surface area is 255 Å². The number of rotatable bonds is 19. The molecule has 0 N–H and O–H groups in total. The van der Waals surface area contributed by atoms with E-state index in [1.54, 1.807) is 24.3 Å². The van der Waals surface area contributed by atoms with Gasteiger partial charge in [0.2, 0.25) is 0 Å². The van der Waals surface area contributed by atoms with Gasteiger partial charge < -0.3 is 19.1 Å². The molecule has 0 amide bonds. The van der Waals surface area contributed by atoms with Crippen LogP contribution in [0.15, 0.2) is 41.3 Å². The number of carbonyl (C=O) groups is 1. The summed E-state index contributed by atoms with van der Waals surface area (Å²) in [6.07, 6.45) is 4.38. The molecule has 0 saturated heterocycles. The SMILES string of the molecule is CCCCC(=O)CCCOCCOCCOCCCS(=O)(=O)c1cccc(C2CN(C)Cc3c(Cl)cc(Cl)cc32)c1. The van der Waals surface area contributed by atoms with Gasteiger partial charge in [-0.1, -0.05) is 48.7 Å². The Morgan fingerprint density at radius 3 is 2.29 bits per heavy atom. The van der Waals surface area contributed by atoms with Crippen LogP contribution in [0.25, 0.3) is 0 Å². The molecule has 1 aliphatic heterocycles. The summed E-state index contributed by atoms with van der Waals surface area (Å²) >= 11 is 12.8. The number of benzene rings is 2. The van der Waals surface area contributed by atoms with Crippen LogP contribution in [0.1, 0.15) is 68.1 Å². The van der Waals surface area contributed by atoms with Crippen molar-refractivity contribution in [2.75, 3.05) is 59.0 Å². The molecule has 1 atom stereocenters. The monoisotopic (exact) mass is 627 g/mol. The van der Waals surface area contributed by atoms with Gasteiger partial charge in [-0.05, 0) is 67.3 Å². The third-order valence-electron chi connectivity index (χ3n) is 7.11. The number of sulfone groups is 1. The Hall–Kier alpha value is -1.52. The first-order chi connectivity index (χ1) is 19.7. The molecule has 0 fully saturated rings. The number of Topliss-reactive ketones (excluding diaryl/α,β-unsaturated/α-hetero) is 1. The first-order valence-corrected chi connectivity index (χ1v) is 16.9. The van der Waals surface area contributed by atoms with E-state index in [4.69, 9.17) is 37.4 Å². The second kappa shape index (κ2) is 17.6. The first kappa shape index (κ1) is 34.0. The molecular weight excluding hydrogens is 585 g/mol. The molecule has 10 heteroatoms. The highest BCUT2D eigenvalue weighted by Gasteiger charge is 2.28. The number of likely N-dealkylation sites (N-methyl/N-ethyl adjacent to an activating group) is 1. The fourth-order valence-corrected chi connectivity index (χ4v) is 6.84. The van der Waals surface area contributed by atoms with Crippen LogP contribution in [0.5, 0.6) is 0 Å². The van der Waals surface area contributed by atoms with E-state index in [0.717, 1.165) is 49.0 Å². The van der Waals surface area contributed by atoms with E-state index in [2.05, 4.69) is 11.8 Å². The van der Waals surface area contributed by atoms with Crippen LogP contribution in [0.2, 0.25) is 10.0 Å². The average molecular weight is 629 g/mol. The molecule has 1 unspecified atom stereocenters. The van der Waals surface area contributed by atoms with Gasteiger partial charge in [-0.3, -0.25) is 4.79 Å². The molecule has 0 spiro atoms. The lowest BCUT2D eigenvalue weighted by Crippen LogP contribution is -2.31. The van der Waals surface area contributed by atoms with Gasteiger partial charge in [0.05, 0.1) is 37.1 Å². The highest BCUT2D eigenvalue weighted by Crippen LogP contribution is 2.38. The standard InChI is InChI=1S/C31H43Cl2NO6S/c1-3-4-9-26(35)10-6-12-38-14-16-40-17-15-39-13-7-18-41(36,37)27-11-5-8-24(19-27)29-22-34(2)23-30-28(29)20-25(32)21-31(30)33/h5,8,11,19-21,29H,3-4,6-7,9-10,12-18,22-23H2,1-2H3. The highest BCUT2D eigenvalue weighted by molar-refractivity contribution is 7.91. The van der Waals surface area contributed by atoms with Gasteiger partial charge in [0, 0.05) is 55.1 Å². The van der Waals surface area contributed by atoms with Crippen molar-refractivity contribution >= 4 is 38.8 Å². The van der Waals surface area contributed by atoms with Crippen molar-refractivity contribution in [3.05, 3.63) is 63.1 Å². The summed E-state index contributed by atoms with van der Waals surface area (Å²) in [5.74, 6) is 0.286. The molecule has 7 nitrogen and oxygen atoms in total. The van der Waals surface area contributed by atoms with Crippen molar-refractivity contribution in [3.63, 3.8) is 0 Å². The van der Waals surface area contributed by atoms with Crippen LogP contribution in [-0.2, 0) is 35.4 Å². The number of ether oxygens (including phenoxy) is 3. The number of hydrogen-bond donors (Lipinski definition) is 0. The first-order valence-electron chi connectivity index (χ1n) is 14.4. The molecule has 0 aromatic heterocycles. The number of halogens is 2. The van der Waals surface area contributed by atoms with Crippen LogP contribution in [0, 0.1) is 0 Å². The number of carbonyl (C=O) groups excluding carboxylic acids is 1. The Morgan fingerprint density at radius 2 is 1.59 bits per heavy atom. The van der Waals surface area contributed by atoms with Gasteiger partial charge in [0.25, 0.3) is 0 Å². The van der Waals surface area contributed by atoms with Gasteiger partial charge in [-0.25, -0.2) is 8.42 Å². The molecule has 1 heterocycles. The quantitative estimate of drug-likeness (QED) is 0.168. The smallest absolute Gasteiger partial charge is 0.178 e. The maximum atomic E-state index is 13.1. The number of hydrogen-bond acceptors (Lipinski definition) is 7. The second-order valence-corrected chi connectivity index (χ2v) is 13.5. The van der Waals surface area contributed by atoms with E-state index < -0.39 is 9.84 Å². The summed E-state index contributed by atoms with van der Waals surface area (Å²) in [6, 6.07) is 10.9. The zero-order valence-corrected chi connectivity index (χ0v) is 26.5. The van der Waals surface area contributed by atoms with E-state index in [1.165, 1.54) is 0 Å². The van der Waals surface area contributed by atoms with Crippen LogP contribution in [0.4, 0.5) is 0 Å². The third-order valence-corrected chi connectivity index (χ3v) is 9.46. The minimum atomic E-state index is -3.47. The van der Waals surface area contributed by atoms with Crippen LogP contribution >= 0.6 is 23.2 Å². The lowest BCUT2D eigenvalue weighted by molar-refractivity contribution is -0.119. The molecule has 1 aliphatic rings. The Bertz CT molecular complexity index is 1220. The average Bonchev–Trinajstić information content (AvgIpc) is 2.94. The maximum Gasteiger partial charge on any atom is 0.178 e. The third kappa shape index (κ3) is 11.2. The Morgan fingerprint density at radius 1 is 0.927 bits per heavy atom. The number of nitrogens with zero attached hydrogens (tertiary/aromatic N) is 1. The molecule has 0 saturated carbocycles. The van der Waals surface area contributed by atoms with Gasteiger partial charge in [-0.2, -0.15) is 0 Å². The molecular formula is C31H43Cl2NO6S. The second-order valence-electron chi connectivity index (χ2n) is 10.5. The number of unbranched alkanes of at least 4 members (excludes halogenated alkanes) is 1. The van der Waals surface area contributed by atoms with E-state index in [9.17, 15) is 13.2 Å². The van der Waals surface area contributed by atoms with Crippen molar-refractivity contribution in [2.45, 2.75) is 62.8 Å². The normalized spacial score (nSPS) is 15.7. The molecule has 2 aromatic rings. The van der Waals surface area contributed by atoms with Crippen LogP contribution < -0.4 is 0 Å². The van der Waals surface area contributed by atoms with Crippen LogP contribution in [0.3, 0.4) is 0 Å². The van der Waals surface area contributed by atoms with Gasteiger partial charge in [0.15, 0.2) is 9.84 Å². The lowest BCUT2D eigenvalue weighted by atomic mass is 9.85. The van der Waals surface area contributed by atoms with Gasteiger partial charge in [-0.15, -0.1) is 0 Å². The Kier molecular flexibility index (Phi) is 14.6. The van der Waals surface area contributed by atoms with Gasteiger partial charge in [0.1, 0.15) is 5.78 Å². The van der Waals surface area contributed by atoms with Crippen molar-refractivity contribution < 1.29 is 27.4 Å². The summed E-state index contributed by atoms with van der Waals surface area (Å²) in [6.45, 7) is 6.18. The predicted octanol–water partition coefficient (Wildman–Crippen LogP) is 6.32. The summed E-state index contributed by atoms with van der Waals surface area (Å²) in [5, 5.41) is 1.21. The molecule has 3 rings (SSSR count). The molecule has 228 valence electrons. The number of ketones is 1. The largest absolute Gasteiger partial charge is 0.379 e. The van der Waals surface area contributed by atoms with Crippen molar-refractivity contribution in [2.24, 2.45) is 0 Å². The zero-order chi connectivity index (χ0) is 29.7. The van der Waals surface area contributed by atoms with E-state index in [1.807, 2.05) is 19.2 Å². The molecule has 2 aromatic carbocycles. The fourth-order valence-electron chi connectivity index (χ4n) is 4.94. The number of fused-ring (bicyclic) bond motifs is 1. The predicted molar refractivity (Wildman–Crippen MR) is 164 cm³/mol.